The first kappa shape index (κ1) is 14.4. The van der Waals surface area contributed by atoms with E-state index < -0.39 is 0 Å². The summed E-state index contributed by atoms with van der Waals surface area (Å²) in [6.07, 6.45) is 1.81. The van der Waals surface area contributed by atoms with E-state index >= 15 is 0 Å². The molecule has 0 saturated heterocycles. The highest BCUT2D eigenvalue weighted by molar-refractivity contribution is 5.40. The third-order valence-corrected chi connectivity index (χ3v) is 2.57. The van der Waals surface area contributed by atoms with Crippen molar-refractivity contribution in [3.63, 3.8) is 0 Å². The molecule has 0 aliphatic rings. The number of benzene rings is 1. The molecule has 2 rings (SSSR count). The first-order valence-corrected chi connectivity index (χ1v) is 6.76. The molecule has 1 aromatic carbocycles. The fourth-order valence-corrected chi connectivity index (χ4v) is 1.63. The van der Waals surface area contributed by atoms with E-state index in [-0.39, 0.29) is 6.08 Å². The summed E-state index contributed by atoms with van der Waals surface area (Å²) in [6, 6.07) is 7.84. The molecule has 0 unspecified atom stereocenters. The van der Waals surface area contributed by atoms with Crippen molar-refractivity contribution in [3.8, 4) is 17.6 Å². The van der Waals surface area contributed by atoms with Crippen LogP contribution in [-0.4, -0.2) is 17.6 Å². The van der Waals surface area contributed by atoms with Crippen LogP contribution in [0.1, 0.15) is 26.5 Å². The summed E-state index contributed by atoms with van der Waals surface area (Å²) in [5, 5.41) is 3.27. The molecule has 0 aliphatic carbocycles. The topological polar surface area (TPSA) is 56.5 Å². The predicted octanol–water partition coefficient (Wildman–Crippen LogP) is 3.36. The maximum absolute atomic E-state index is 5.62. The molecule has 0 aliphatic heterocycles. The lowest BCUT2D eigenvalue weighted by Crippen LogP contribution is -2.21. The van der Waals surface area contributed by atoms with Crippen LogP contribution in [0.3, 0.4) is 0 Å². The smallest absolute Gasteiger partial charge is 0.399 e. The van der Waals surface area contributed by atoms with E-state index in [1.807, 2.05) is 31.2 Å². The number of nitrogens with one attached hydrogen (secondary N) is 1. The van der Waals surface area contributed by atoms with Crippen molar-refractivity contribution < 1.29 is 13.9 Å². The number of nitrogens with zero attached hydrogens (tertiary/aromatic N) is 1. The van der Waals surface area contributed by atoms with Gasteiger partial charge in [0.15, 0.2) is 11.5 Å². The average Bonchev–Trinajstić information content (AvgIpc) is 2.87. The van der Waals surface area contributed by atoms with Gasteiger partial charge in [0.1, 0.15) is 6.26 Å². The first-order valence-electron chi connectivity index (χ1n) is 6.76. The van der Waals surface area contributed by atoms with E-state index in [4.69, 9.17) is 13.9 Å². The van der Waals surface area contributed by atoms with Crippen molar-refractivity contribution in [1.82, 2.24) is 10.3 Å². The van der Waals surface area contributed by atoms with Crippen LogP contribution in [0, 0.1) is 0 Å². The van der Waals surface area contributed by atoms with Gasteiger partial charge in [-0.2, -0.15) is 4.98 Å². The molecule has 1 aromatic heterocycles. The van der Waals surface area contributed by atoms with Gasteiger partial charge in [-0.15, -0.1) is 0 Å². The fraction of sp³-hybridized carbons (Fsp3) is 0.400. The molecule has 0 saturated carbocycles. The molecule has 1 heterocycles. The maximum Gasteiger partial charge on any atom is 0.399 e. The largest absolute Gasteiger partial charge is 0.490 e. The van der Waals surface area contributed by atoms with Crippen LogP contribution >= 0.6 is 0 Å². The Morgan fingerprint density at radius 2 is 2.00 bits per heavy atom. The third kappa shape index (κ3) is 3.99. The first-order chi connectivity index (χ1) is 9.69. The second kappa shape index (κ2) is 6.96. The van der Waals surface area contributed by atoms with E-state index in [0.717, 1.165) is 5.69 Å². The number of oxazole rings is 1. The van der Waals surface area contributed by atoms with Gasteiger partial charge in [-0.05, 0) is 19.1 Å². The molecule has 5 nitrogen and oxygen atoms in total. The van der Waals surface area contributed by atoms with Gasteiger partial charge in [0.2, 0.25) is 0 Å². The second-order valence-corrected chi connectivity index (χ2v) is 4.62. The van der Waals surface area contributed by atoms with Crippen molar-refractivity contribution in [1.29, 1.82) is 0 Å². The van der Waals surface area contributed by atoms with Gasteiger partial charge in [0, 0.05) is 12.6 Å². The zero-order valence-corrected chi connectivity index (χ0v) is 12.1. The van der Waals surface area contributed by atoms with E-state index in [2.05, 4.69) is 24.1 Å². The van der Waals surface area contributed by atoms with Gasteiger partial charge in [-0.25, -0.2) is 0 Å². The number of ether oxygens (including phenoxy) is 2. The minimum atomic E-state index is 0.220. The highest BCUT2D eigenvalue weighted by Gasteiger charge is 2.10. The lowest BCUT2D eigenvalue weighted by atomic mass is 10.3. The van der Waals surface area contributed by atoms with Gasteiger partial charge in [0.05, 0.1) is 12.3 Å². The number of para-hydroxylation sites is 2. The van der Waals surface area contributed by atoms with Gasteiger partial charge in [-0.3, -0.25) is 0 Å². The Bertz CT molecular complexity index is 537. The fourth-order valence-electron chi connectivity index (χ4n) is 1.63. The molecule has 0 atom stereocenters. The van der Waals surface area contributed by atoms with Gasteiger partial charge in [-0.1, -0.05) is 26.0 Å². The van der Waals surface area contributed by atoms with E-state index in [1.165, 1.54) is 0 Å². The Labute approximate surface area is 118 Å². The normalized spacial score (nSPS) is 10.8. The summed E-state index contributed by atoms with van der Waals surface area (Å²) in [7, 11) is 0. The zero-order chi connectivity index (χ0) is 14.4. The Hall–Kier alpha value is -2.01. The molecule has 0 radical (unpaired) electrons. The molecule has 0 amide bonds. The molecule has 0 fully saturated rings. The Morgan fingerprint density at radius 1 is 1.25 bits per heavy atom. The highest BCUT2D eigenvalue weighted by Crippen LogP contribution is 2.30. The Balaban J connectivity index is 2.03. The van der Waals surface area contributed by atoms with Crippen molar-refractivity contribution in [3.05, 3.63) is 36.2 Å². The molecule has 0 bridgehead atoms. The van der Waals surface area contributed by atoms with Crippen molar-refractivity contribution in [2.45, 2.75) is 33.4 Å². The molecular formula is C15H20N2O3. The Morgan fingerprint density at radius 3 is 2.70 bits per heavy atom. The van der Waals surface area contributed by atoms with Crippen LogP contribution in [-0.2, 0) is 6.54 Å². The van der Waals surface area contributed by atoms with Crippen LogP contribution in [0.4, 0.5) is 0 Å². The quantitative estimate of drug-likeness (QED) is 0.840. The van der Waals surface area contributed by atoms with Crippen LogP contribution in [0.5, 0.6) is 17.6 Å². The summed E-state index contributed by atoms with van der Waals surface area (Å²) in [5.74, 6) is 1.27. The van der Waals surface area contributed by atoms with Crippen LogP contribution in [0.15, 0.2) is 34.9 Å². The van der Waals surface area contributed by atoms with Crippen LogP contribution in [0.2, 0.25) is 0 Å². The predicted molar refractivity (Wildman–Crippen MR) is 76.2 cm³/mol. The average molecular weight is 276 g/mol. The van der Waals surface area contributed by atoms with E-state index in [9.17, 15) is 0 Å². The molecular weight excluding hydrogens is 256 g/mol. The molecule has 108 valence electrons. The lowest BCUT2D eigenvalue weighted by molar-refractivity contribution is 0.291. The van der Waals surface area contributed by atoms with Gasteiger partial charge < -0.3 is 19.2 Å². The van der Waals surface area contributed by atoms with Crippen LogP contribution < -0.4 is 14.8 Å². The summed E-state index contributed by atoms with van der Waals surface area (Å²) >= 11 is 0. The number of rotatable bonds is 7. The molecule has 20 heavy (non-hydrogen) atoms. The van der Waals surface area contributed by atoms with Gasteiger partial charge in [0.25, 0.3) is 0 Å². The zero-order valence-electron chi connectivity index (χ0n) is 12.1. The standard InChI is InChI=1S/C15H20N2O3/c1-4-18-13-7-5-6-8-14(13)20-15-17-12(10-19-15)9-16-11(2)3/h5-8,10-11,16H,4,9H2,1-3H3. The van der Waals surface area contributed by atoms with Crippen molar-refractivity contribution in [2.24, 2.45) is 0 Å². The third-order valence-electron chi connectivity index (χ3n) is 2.57. The van der Waals surface area contributed by atoms with Crippen molar-refractivity contribution in [2.75, 3.05) is 6.61 Å². The minimum Gasteiger partial charge on any atom is -0.490 e. The van der Waals surface area contributed by atoms with Crippen LogP contribution in [0.25, 0.3) is 0 Å². The molecule has 2 aromatic rings. The Kier molecular flexibility index (Phi) is 5.01. The molecule has 5 heteroatoms. The highest BCUT2D eigenvalue weighted by atomic mass is 16.6. The van der Waals surface area contributed by atoms with E-state index in [1.54, 1.807) is 6.26 Å². The SMILES string of the molecule is CCOc1ccccc1Oc1nc(CNC(C)C)co1. The number of hydrogen-bond acceptors (Lipinski definition) is 5. The van der Waals surface area contributed by atoms with Crippen molar-refractivity contribution >= 4 is 0 Å². The second-order valence-electron chi connectivity index (χ2n) is 4.62. The minimum absolute atomic E-state index is 0.220. The van der Waals surface area contributed by atoms with E-state index in [0.29, 0.717) is 30.7 Å². The maximum atomic E-state index is 5.62. The summed E-state index contributed by atoms with van der Waals surface area (Å²) in [6.45, 7) is 7.32. The molecule has 1 N–H and O–H groups in total. The number of aromatic nitrogens is 1. The lowest BCUT2D eigenvalue weighted by Gasteiger charge is -2.08. The monoisotopic (exact) mass is 276 g/mol. The van der Waals surface area contributed by atoms with Gasteiger partial charge >= 0.3 is 6.08 Å². The summed E-state index contributed by atoms with van der Waals surface area (Å²) < 4.78 is 16.4. The number of hydrogen-bond donors (Lipinski definition) is 1. The summed E-state index contributed by atoms with van der Waals surface area (Å²) in [5.41, 5.74) is 0.808. The molecule has 0 spiro atoms. The summed E-state index contributed by atoms with van der Waals surface area (Å²) in [4.78, 5) is 4.27.